The van der Waals surface area contributed by atoms with Gasteiger partial charge in [-0.1, -0.05) is 153 Å². The van der Waals surface area contributed by atoms with Gasteiger partial charge < -0.3 is 9.47 Å². The van der Waals surface area contributed by atoms with E-state index < -0.39 is 5.97 Å². The van der Waals surface area contributed by atoms with Gasteiger partial charge in [0.2, 0.25) is 0 Å². The molecule has 0 unspecified atom stereocenters. The largest absolute Gasteiger partial charge is 0.466 e. The molecule has 286 valence electrons. The van der Waals surface area contributed by atoms with Gasteiger partial charge in [0.15, 0.2) is 7.14 Å². The zero-order chi connectivity index (χ0) is 38.1. The van der Waals surface area contributed by atoms with Gasteiger partial charge in [0.1, 0.15) is 0 Å². The molecule has 3 aromatic rings. The van der Waals surface area contributed by atoms with Crippen molar-refractivity contribution in [3.8, 4) is 0 Å². The Morgan fingerprint density at radius 3 is 1.17 bits per heavy atom. The lowest BCUT2D eigenvalue weighted by Gasteiger charge is -2.02. The Balaban J connectivity index is 0.000000469. The average Bonchev–Trinajstić information content (AvgIpc) is 3.18. The van der Waals surface area contributed by atoms with Crippen molar-refractivity contribution in [2.45, 2.75) is 136 Å². The minimum Gasteiger partial charge on any atom is -0.466 e. The van der Waals surface area contributed by atoms with Crippen molar-refractivity contribution >= 4 is 18.0 Å². The maximum atomic E-state index is 11.0. The number of unbranched alkanes of at least 4 members (excludes halogenated alkanes) is 12. The number of halogens is 1. The van der Waals surface area contributed by atoms with E-state index in [0.29, 0.717) is 0 Å². The summed E-state index contributed by atoms with van der Waals surface area (Å²) >= 11 is -0.0408. The highest BCUT2D eigenvalue weighted by atomic mass is 127. The second-order valence-corrected chi connectivity index (χ2v) is 16.2. The van der Waals surface area contributed by atoms with Crippen molar-refractivity contribution in [3.05, 3.63) is 121 Å². The van der Waals surface area contributed by atoms with E-state index in [4.69, 9.17) is 0 Å². The first kappa shape index (κ1) is 46.8. The highest BCUT2D eigenvalue weighted by Crippen LogP contribution is 2.12. The Labute approximate surface area is 328 Å². The van der Waals surface area contributed by atoms with Crippen molar-refractivity contribution in [1.82, 2.24) is 0 Å². The van der Waals surface area contributed by atoms with Gasteiger partial charge >= 0.3 is 33.1 Å². The topological polar surface area (TPSA) is 52.6 Å². The van der Waals surface area contributed by atoms with Crippen LogP contribution < -0.4 is 21.2 Å². The molecule has 5 heteroatoms. The Kier molecular flexibility index (Phi) is 29.2. The molecule has 0 saturated heterocycles. The molecule has 3 aromatic carbocycles. The van der Waals surface area contributed by atoms with Crippen LogP contribution >= 0.6 is 0 Å². The number of ether oxygens (including phenoxy) is 2. The van der Waals surface area contributed by atoms with Crippen LogP contribution in [0.15, 0.2) is 91.5 Å². The number of methoxy groups -OCH3 is 2. The molecule has 0 bridgehead atoms. The first-order valence-corrected chi connectivity index (χ1v) is 21.9. The number of rotatable bonds is 23. The third-order valence-electron chi connectivity index (χ3n) is 8.71. The number of hydrogen-bond acceptors (Lipinski definition) is 4. The first-order valence-electron chi connectivity index (χ1n) is 19.8. The van der Waals surface area contributed by atoms with Gasteiger partial charge in [0.25, 0.3) is 0 Å². The van der Waals surface area contributed by atoms with Crippen LogP contribution in [-0.2, 0) is 38.3 Å². The quantitative estimate of drug-likeness (QED) is 0.0414. The molecular formula is C47H68IO4+. The van der Waals surface area contributed by atoms with Crippen LogP contribution in [0.3, 0.4) is 0 Å². The van der Waals surface area contributed by atoms with Gasteiger partial charge in [0.05, 0.1) is 14.2 Å². The number of aryl methyl sites for hydroxylation is 3. The summed E-state index contributed by atoms with van der Waals surface area (Å²) in [5, 5.41) is 0. The summed E-state index contributed by atoms with van der Waals surface area (Å²) in [4.78, 5) is 20.8. The summed E-state index contributed by atoms with van der Waals surface area (Å²) in [5.74, 6) is -0.713. The van der Waals surface area contributed by atoms with E-state index in [0.717, 1.165) is 18.1 Å². The molecule has 0 amide bonds. The molecule has 0 aliphatic rings. The Morgan fingerprint density at radius 2 is 0.865 bits per heavy atom. The Morgan fingerprint density at radius 1 is 0.519 bits per heavy atom. The maximum Gasteiger partial charge on any atom is 0.357 e. The summed E-state index contributed by atoms with van der Waals surface area (Å²) in [6.45, 7) is 9.96. The van der Waals surface area contributed by atoms with Crippen LogP contribution in [0.2, 0.25) is 0 Å². The van der Waals surface area contributed by atoms with E-state index in [9.17, 15) is 9.59 Å². The van der Waals surface area contributed by atoms with E-state index in [-0.39, 0.29) is 27.2 Å². The van der Waals surface area contributed by atoms with Gasteiger partial charge in [0, 0.05) is 12.2 Å². The number of esters is 2. The molecule has 0 N–H and O–H groups in total. The summed E-state index contributed by atoms with van der Waals surface area (Å²) in [6.07, 6.45) is 28.2. The lowest BCUT2D eigenvalue weighted by atomic mass is 10.0. The minimum atomic E-state index is -0.394. The van der Waals surface area contributed by atoms with E-state index in [1.54, 1.807) is 6.08 Å². The fourth-order valence-electron chi connectivity index (χ4n) is 5.46. The normalized spacial score (nSPS) is 10.5. The van der Waals surface area contributed by atoms with Crippen molar-refractivity contribution in [1.29, 1.82) is 0 Å². The third-order valence-corrected chi connectivity index (χ3v) is 11.4. The van der Waals surface area contributed by atoms with Crippen LogP contribution in [0.1, 0.15) is 139 Å². The third kappa shape index (κ3) is 24.9. The lowest BCUT2D eigenvalue weighted by molar-refractivity contribution is -0.597. The van der Waals surface area contributed by atoms with Crippen LogP contribution in [0, 0.1) is 7.14 Å². The molecular weight excluding hydrogens is 755 g/mol. The average molecular weight is 824 g/mol. The Bertz CT molecular complexity index is 1290. The lowest BCUT2D eigenvalue weighted by Crippen LogP contribution is -3.61. The monoisotopic (exact) mass is 823 g/mol. The number of carbonyl (C=O) groups is 2. The molecule has 0 radical (unpaired) electrons. The predicted octanol–water partition coefficient (Wildman–Crippen LogP) is 9.57. The smallest absolute Gasteiger partial charge is 0.357 e. The number of carbonyl (C=O) groups excluding carboxylic acids is 2. The van der Waals surface area contributed by atoms with E-state index in [1.165, 1.54) is 153 Å². The van der Waals surface area contributed by atoms with Crippen LogP contribution in [0.25, 0.3) is 6.08 Å². The van der Waals surface area contributed by atoms with Gasteiger partial charge in [-0.3, -0.25) is 0 Å². The van der Waals surface area contributed by atoms with Crippen LogP contribution in [0.4, 0.5) is 0 Å². The van der Waals surface area contributed by atoms with Crippen molar-refractivity contribution in [2.75, 3.05) is 14.2 Å². The molecule has 0 atom stereocenters. The molecule has 52 heavy (non-hydrogen) atoms. The van der Waals surface area contributed by atoms with E-state index in [1.807, 2.05) is 12.1 Å². The SMILES string of the molecule is C=CC(=O)OC.CCCCCCCc1ccc(C=CC(=O)OC)cc1.CCCCCCCc1ccc([I+]c2ccc(CCCCCCC)cc2)cc1. The van der Waals surface area contributed by atoms with Crippen LogP contribution in [-0.4, -0.2) is 26.2 Å². The molecule has 4 nitrogen and oxygen atoms in total. The van der Waals surface area contributed by atoms with Gasteiger partial charge in [-0.2, -0.15) is 0 Å². The first-order chi connectivity index (χ1) is 25.4. The molecule has 0 fully saturated rings. The highest BCUT2D eigenvalue weighted by Gasteiger charge is 2.15. The second-order valence-electron chi connectivity index (χ2n) is 13.2. The molecule has 0 spiro atoms. The molecule has 0 aromatic heterocycles. The van der Waals surface area contributed by atoms with Crippen molar-refractivity contribution < 1.29 is 40.3 Å². The summed E-state index contributed by atoms with van der Waals surface area (Å²) < 4.78 is 11.8. The van der Waals surface area contributed by atoms with Crippen molar-refractivity contribution in [3.63, 3.8) is 0 Å². The summed E-state index contributed by atoms with van der Waals surface area (Å²) in [6, 6.07) is 27.3. The fraction of sp³-hybridized carbons (Fsp3) is 0.489. The minimum absolute atomic E-state index is 0.0408. The van der Waals surface area contributed by atoms with Gasteiger partial charge in [-0.05, 0) is 91.1 Å². The Hall–Kier alpha value is -3.19. The molecule has 0 saturated carbocycles. The molecule has 0 heterocycles. The van der Waals surface area contributed by atoms with E-state index >= 15 is 0 Å². The number of hydrogen-bond donors (Lipinski definition) is 0. The van der Waals surface area contributed by atoms with Gasteiger partial charge in [-0.25, -0.2) is 9.59 Å². The highest BCUT2D eigenvalue weighted by molar-refractivity contribution is 5.86. The summed E-state index contributed by atoms with van der Waals surface area (Å²) in [7, 11) is 2.69. The number of benzene rings is 3. The molecule has 0 aliphatic carbocycles. The fourth-order valence-corrected chi connectivity index (χ4v) is 7.62. The summed E-state index contributed by atoms with van der Waals surface area (Å²) in [5.41, 5.74) is 5.42. The standard InChI is InChI=1S/C26H38I.C17H24O2.C4H6O2/c1-3-5-7-9-11-13-23-15-19-25(20-16-23)27-26-21-17-24(18-22-26)14-12-10-8-6-4-2;1-3-4-5-6-7-8-15-9-11-16(12-10-15)13-14-17(18)19-2;1-3-4(5)6-2/h15-22H,3-14H2,1-2H3;9-14H,3-8H2,1-2H3;3H,1H2,2H3/q+1;;. The van der Waals surface area contributed by atoms with Gasteiger partial charge in [-0.15, -0.1) is 0 Å². The zero-order valence-corrected chi connectivity index (χ0v) is 35.3. The zero-order valence-electron chi connectivity index (χ0n) is 33.1. The van der Waals surface area contributed by atoms with E-state index in [2.05, 4.69) is 97.5 Å². The second kappa shape index (κ2) is 32.5. The molecule has 0 aliphatic heterocycles. The maximum absolute atomic E-state index is 11.0. The van der Waals surface area contributed by atoms with Crippen molar-refractivity contribution in [2.24, 2.45) is 0 Å². The molecule has 3 rings (SSSR count). The van der Waals surface area contributed by atoms with Crippen LogP contribution in [0.5, 0.6) is 0 Å². The predicted molar refractivity (Wildman–Crippen MR) is 217 cm³/mol.